The third kappa shape index (κ3) is 31.2. The Morgan fingerprint density at radius 2 is 1.75 bits per heavy atom. The maximum atomic E-state index is 8.00. The first-order valence-corrected chi connectivity index (χ1v) is 1.67. The molecule has 4 N–H and O–H groups in total. The second kappa shape index (κ2) is 25.8. The first-order chi connectivity index (χ1) is 2.41. The van der Waals surface area contributed by atoms with Gasteiger partial charge in [-0.1, -0.05) is 0 Å². The molecule has 0 radical (unpaired) electrons. The summed E-state index contributed by atoms with van der Waals surface area (Å²) >= 11 is 0. The van der Waals surface area contributed by atoms with Crippen LogP contribution in [0.15, 0.2) is 0 Å². The van der Waals surface area contributed by atoms with Crippen molar-refractivity contribution in [3.8, 4) is 0 Å². The Morgan fingerprint density at radius 1 is 1.38 bits per heavy atom. The fourth-order valence-corrected chi connectivity index (χ4v) is 0.112. The molecule has 0 aliphatic heterocycles. The second-order valence-electron chi connectivity index (χ2n) is 0.827. The first kappa shape index (κ1) is 23.6. The largest absolute Gasteiger partial charge is 2.00 e. The van der Waals surface area contributed by atoms with Gasteiger partial charge in [0.25, 0.3) is 0 Å². The van der Waals surface area contributed by atoms with Crippen LogP contribution in [0.4, 0.5) is 0 Å². The molecule has 0 fully saturated rings. The Morgan fingerprint density at radius 3 is 1.75 bits per heavy atom. The average molecular weight is 304 g/mol. The van der Waals surface area contributed by atoms with Crippen LogP contribution in [0.3, 0.4) is 0 Å². The van der Waals surface area contributed by atoms with E-state index in [1.54, 1.807) is 7.05 Å². The Labute approximate surface area is 63.2 Å². The Kier molecular flexibility index (Phi) is 75.9. The van der Waals surface area contributed by atoms with Crippen LogP contribution in [0.2, 0.25) is 0 Å². The monoisotopic (exact) mass is 304 g/mol. The van der Waals surface area contributed by atoms with Crippen LogP contribution in [0, 0.1) is 0 Å². The van der Waals surface area contributed by atoms with E-state index in [9.17, 15) is 0 Å². The van der Waals surface area contributed by atoms with E-state index >= 15 is 0 Å². The maximum absolute atomic E-state index is 8.00. The standard InChI is InChI=1S/C3H9NO.2H2O.Pt/c1-4-2-3-5;;;/h4-5H,2-3H2,1H3;2*1H2;/q;;;+2/p-2. The minimum absolute atomic E-state index is 0. The van der Waals surface area contributed by atoms with Gasteiger partial charge in [0, 0.05) is 6.54 Å². The van der Waals surface area contributed by atoms with E-state index in [1.165, 1.54) is 0 Å². The topological polar surface area (TPSA) is 92.3 Å². The third-order valence-electron chi connectivity index (χ3n) is 0.362. The van der Waals surface area contributed by atoms with Crippen molar-refractivity contribution in [2.24, 2.45) is 0 Å². The fourth-order valence-electron chi connectivity index (χ4n) is 0.112. The van der Waals surface area contributed by atoms with E-state index in [4.69, 9.17) is 5.11 Å². The predicted molar refractivity (Wildman–Crippen MR) is 24.9 cm³/mol. The summed E-state index contributed by atoms with van der Waals surface area (Å²) < 4.78 is 0. The molecule has 8 heavy (non-hydrogen) atoms. The molecule has 0 saturated carbocycles. The zero-order chi connectivity index (χ0) is 4.12. The van der Waals surface area contributed by atoms with Crippen molar-refractivity contribution in [2.75, 3.05) is 20.2 Å². The molecule has 0 spiro atoms. The van der Waals surface area contributed by atoms with Gasteiger partial charge >= 0.3 is 21.1 Å². The van der Waals surface area contributed by atoms with Gasteiger partial charge in [-0.2, -0.15) is 0 Å². The summed E-state index contributed by atoms with van der Waals surface area (Å²) in [4.78, 5) is 0. The van der Waals surface area contributed by atoms with Gasteiger partial charge in [-0.25, -0.2) is 0 Å². The molecular weight excluding hydrogens is 293 g/mol. The molecule has 0 aliphatic rings. The number of nitrogens with one attached hydrogen (secondary N) is 1. The van der Waals surface area contributed by atoms with E-state index in [2.05, 4.69) is 5.32 Å². The summed E-state index contributed by atoms with van der Waals surface area (Å²) in [6, 6.07) is 0. The normalized spacial score (nSPS) is 5.25. The average Bonchev–Trinajstić information content (AvgIpc) is 1.41. The van der Waals surface area contributed by atoms with Crippen LogP contribution in [0.1, 0.15) is 0 Å². The predicted octanol–water partition coefficient (Wildman–Crippen LogP) is -1.16. The molecule has 0 saturated heterocycles. The van der Waals surface area contributed by atoms with E-state index in [-0.39, 0.29) is 38.6 Å². The summed E-state index contributed by atoms with van der Waals surface area (Å²) in [5.41, 5.74) is 0. The molecule has 0 atom stereocenters. The van der Waals surface area contributed by atoms with Gasteiger partial charge in [0.1, 0.15) is 0 Å². The van der Waals surface area contributed by atoms with Crippen molar-refractivity contribution < 1.29 is 37.1 Å². The Hall–Kier alpha value is 0.528. The summed E-state index contributed by atoms with van der Waals surface area (Å²) in [6.45, 7) is 0.927. The molecule has 0 aromatic heterocycles. The van der Waals surface area contributed by atoms with Gasteiger partial charge in [0.15, 0.2) is 0 Å². The fraction of sp³-hybridized carbons (Fsp3) is 1.00. The number of hydrogen-bond donors (Lipinski definition) is 2. The first-order valence-electron chi connectivity index (χ1n) is 1.67. The van der Waals surface area contributed by atoms with Gasteiger partial charge in [0.2, 0.25) is 0 Å². The zero-order valence-electron chi connectivity index (χ0n) is 4.57. The van der Waals surface area contributed by atoms with E-state index in [0.29, 0.717) is 6.54 Å². The molecular formula is C3H11NO3Pt. The summed E-state index contributed by atoms with van der Waals surface area (Å²) in [5, 5.41) is 10.8. The van der Waals surface area contributed by atoms with Crippen molar-refractivity contribution in [1.29, 1.82) is 0 Å². The van der Waals surface area contributed by atoms with Gasteiger partial charge < -0.3 is 21.4 Å². The maximum Gasteiger partial charge on any atom is 2.00 e. The second-order valence-corrected chi connectivity index (χ2v) is 0.827. The number of rotatable bonds is 2. The molecule has 0 aromatic rings. The molecule has 5 heteroatoms. The molecule has 0 aromatic carbocycles. The van der Waals surface area contributed by atoms with Crippen LogP contribution in [0.25, 0.3) is 0 Å². The van der Waals surface area contributed by atoms with Crippen molar-refractivity contribution in [3.05, 3.63) is 0 Å². The van der Waals surface area contributed by atoms with Crippen molar-refractivity contribution in [3.63, 3.8) is 0 Å². The van der Waals surface area contributed by atoms with E-state index in [0.717, 1.165) is 0 Å². The molecule has 0 unspecified atom stereocenters. The van der Waals surface area contributed by atoms with Crippen LogP contribution in [-0.4, -0.2) is 36.3 Å². The molecule has 0 amide bonds. The molecule has 0 heterocycles. The van der Waals surface area contributed by atoms with Crippen molar-refractivity contribution in [1.82, 2.24) is 5.32 Å². The Balaban J connectivity index is -0.0000000267. The minimum atomic E-state index is 0. The number of likely N-dealkylation sites (N-methyl/N-ethyl adjacent to an activating group) is 1. The Bertz CT molecular complexity index is 22.0. The SMILES string of the molecule is CNCCO.[OH-].[OH-].[Pt+2]. The van der Waals surface area contributed by atoms with Crippen LogP contribution >= 0.6 is 0 Å². The summed E-state index contributed by atoms with van der Waals surface area (Å²) in [6.07, 6.45) is 0. The van der Waals surface area contributed by atoms with Gasteiger partial charge in [-0.05, 0) is 7.05 Å². The van der Waals surface area contributed by atoms with Crippen molar-refractivity contribution in [2.45, 2.75) is 0 Å². The zero-order valence-corrected chi connectivity index (χ0v) is 6.84. The molecule has 56 valence electrons. The summed E-state index contributed by atoms with van der Waals surface area (Å²) in [5.74, 6) is 0. The molecule has 0 bridgehead atoms. The van der Waals surface area contributed by atoms with Crippen LogP contribution < -0.4 is 5.32 Å². The van der Waals surface area contributed by atoms with Gasteiger partial charge in [-0.3, -0.25) is 0 Å². The third-order valence-corrected chi connectivity index (χ3v) is 0.362. The van der Waals surface area contributed by atoms with Crippen LogP contribution in [0.5, 0.6) is 0 Å². The minimum Gasteiger partial charge on any atom is -0.870 e. The van der Waals surface area contributed by atoms with Crippen LogP contribution in [-0.2, 0) is 21.1 Å². The van der Waals surface area contributed by atoms with E-state index < -0.39 is 0 Å². The molecule has 0 rings (SSSR count). The number of aliphatic hydroxyl groups excluding tert-OH is 1. The number of hydrogen-bond acceptors (Lipinski definition) is 4. The van der Waals surface area contributed by atoms with Gasteiger partial charge in [0.05, 0.1) is 6.61 Å². The quantitative estimate of drug-likeness (QED) is 0.673. The van der Waals surface area contributed by atoms with Crippen molar-refractivity contribution >= 4 is 0 Å². The molecule has 4 nitrogen and oxygen atoms in total. The smallest absolute Gasteiger partial charge is 0.870 e. The summed E-state index contributed by atoms with van der Waals surface area (Å²) in [7, 11) is 1.80. The molecule has 0 aliphatic carbocycles. The number of aliphatic hydroxyl groups is 1. The van der Waals surface area contributed by atoms with Gasteiger partial charge in [-0.15, -0.1) is 0 Å². The van der Waals surface area contributed by atoms with E-state index in [1.807, 2.05) is 0 Å².